The number of halogens is 3. The van der Waals surface area contributed by atoms with E-state index in [1.165, 1.54) is 22.5 Å². The van der Waals surface area contributed by atoms with Gasteiger partial charge >= 0.3 is 0 Å². The number of sulfonamides is 1. The molecule has 1 aliphatic heterocycles. The number of rotatable bonds is 4. The lowest BCUT2D eigenvalue weighted by Gasteiger charge is -2.33. The number of hydrogen-bond donors (Lipinski definition) is 0. The van der Waals surface area contributed by atoms with Crippen molar-refractivity contribution in [2.24, 2.45) is 0 Å². The molecular formula is C15H15Cl2FN2O2S2. The molecule has 0 unspecified atom stereocenters. The van der Waals surface area contributed by atoms with E-state index in [0.29, 0.717) is 42.1 Å². The molecule has 0 saturated carbocycles. The van der Waals surface area contributed by atoms with Crippen LogP contribution in [0.2, 0.25) is 9.36 Å². The van der Waals surface area contributed by atoms with Gasteiger partial charge in [-0.2, -0.15) is 4.31 Å². The molecule has 0 amide bonds. The molecule has 0 aliphatic carbocycles. The predicted molar refractivity (Wildman–Crippen MR) is 94.8 cm³/mol. The third-order valence-corrected chi connectivity index (χ3v) is 7.83. The average Bonchev–Trinajstić information content (AvgIpc) is 2.98. The summed E-state index contributed by atoms with van der Waals surface area (Å²) in [7, 11) is -3.49. The Balaban J connectivity index is 1.63. The number of hydrogen-bond acceptors (Lipinski definition) is 4. The highest BCUT2D eigenvalue weighted by molar-refractivity contribution is 7.91. The summed E-state index contributed by atoms with van der Waals surface area (Å²) in [4.78, 5) is 2.10. The molecule has 1 aliphatic rings. The predicted octanol–water partition coefficient (Wildman–Crippen LogP) is 3.70. The molecule has 1 saturated heterocycles. The van der Waals surface area contributed by atoms with E-state index in [2.05, 4.69) is 4.90 Å². The maximum Gasteiger partial charge on any atom is 0.252 e. The number of nitrogens with zero attached hydrogens (tertiary/aromatic N) is 2. The molecule has 0 N–H and O–H groups in total. The summed E-state index contributed by atoms with van der Waals surface area (Å²) < 4.78 is 40.4. The molecule has 1 aromatic carbocycles. The minimum absolute atomic E-state index is 0.266. The summed E-state index contributed by atoms with van der Waals surface area (Å²) in [6, 6.07) is 7.45. The number of benzene rings is 1. The van der Waals surface area contributed by atoms with Crippen LogP contribution in [-0.2, 0) is 16.6 Å². The average molecular weight is 409 g/mol. The van der Waals surface area contributed by atoms with Gasteiger partial charge in [0.1, 0.15) is 10.0 Å². The van der Waals surface area contributed by atoms with Gasteiger partial charge in [-0.25, -0.2) is 12.8 Å². The van der Waals surface area contributed by atoms with Crippen LogP contribution in [0.3, 0.4) is 0 Å². The number of piperazine rings is 1. The highest BCUT2D eigenvalue weighted by atomic mass is 35.5. The van der Waals surface area contributed by atoms with Crippen LogP contribution in [-0.4, -0.2) is 43.8 Å². The van der Waals surface area contributed by atoms with Crippen molar-refractivity contribution in [1.29, 1.82) is 0 Å². The standard InChI is InChI=1S/C15H15Cl2FN2O2S2/c16-13-9-12(18)2-1-11(13)10-19-5-7-20(8-6-19)24(21,22)15-4-3-14(17)23-15/h1-4,9H,5-8,10H2. The lowest BCUT2D eigenvalue weighted by Crippen LogP contribution is -2.48. The van der Waals surface area contributed by atoms with E-state index in [1.807, 2.05) is 0 Å². The molecular weight excluding hydrogens is 394 g/mol. The first kappa shape index (κ1) is 18.1. The van der Waals surface area contributed by atoms with Crippen molar-refractivity contribution in [2.75, 3.05) is 26.2 Å². The van der Waals surface area contributed by atoms with Gasteiger partial charge in [-0.3, -0.25) is 4.90 Å². The molecule has 4 nitrogen and oxygen atoms in total. The third-order valence-electron chi connectivity index (χ3n) is 3.88. The van der Waals surface area contributed by atoms with Crippen molar-refractivity contribution in [2.45, 2.75) is 10.8 Å². The summed E-state index contributed by atoms with van der Waals surface area (Å²) in [5.74, 6) is -0.366. The van der Waals surface area contributed by atoms with Gasteiger partial charge in [-0.05, 0) is 29.8 Å². The molecule has 0 atom stereocenters. The van der Waals surface area contributed by atoms with Gasteiger partial charge in [-0.1, -0.05) is 29.3 Å². The summed E-state index contributed by atoms with van der Waals surface area (Å²) in [6.07, 6.45) is 0. The van der Waals surface area contributed by atoms with Crippen molar-refractivity contribution < 1.29 is 12.8 Å². The second kappa shape index (κ2) is 7.27. The smallest absolute Gasteiger partial charge is 0.252 e. The van der Waals surface area contributed by atoms with Crippen LogP contribution >= 0.6 is 34.5 Å². The SMILES string of the molecule is O=S(=O)(c1ccc(Cl)s1)N1CCN(Cc2ccc(F)cc2Cl)CC1. The van der Waals surface area contributed by atoms with Crippen molar-refractivity contribution >= 4 is 44.6 Å². The first-order valence-corrected chi connectivity index (χ1v) is 10.3. The zero-order valence-electron chi connectivity index (χ0n) is 12.6. The van der Waals surface area contributed by atoms with Crippen molar-refractivity contribution in [1.82, 2.24) is 9.21 Å². The Morgan fingerprint density at radius 2 is 1.79 bits per heavy atom. The Kier molecular flexibility index (Phi) is 5.48. The zero-order valence-corrected chi connectivity index (χ0v) is 15.7. The van der Waals surface area contributed by atoms with E-state index < -0.39 is 10.0 Å². The summed E-state index contributed by atoms with van der Waals surface area (Å²) in [5.41, 5.74) is 0.833. The zero-order chi connectivity index (χ0) is 17.3. The van der Waals surface area contributed by atoms with E-state index in [-0.39, 0.29) is 10.0 Å². The van der Waals surface area contributed by atoms with Gasteiger partial charge in [0.2, 0.25) is 0 Å². The Hall–Kier alpha value is -0.700. The van der Waals surface area contributed by atoms with Crippen LogP contribution in [0.15, 0.2) is 34.5 Å². The Morgan fingerprint density at radius 1 is 1.08 bits per heavy atom. The van der Waals surface area contributed by atoms with Crippen molar-refractivity contribution in [3.63, 3.8) is 0 Å². The lowest BCUT2D eigenvalue weighted by molar-refractivity contribution is 0.182. The molecule has 2 aromatic rings. The molecule has 24 heavy (non-hydrogen) atoms. The maximum absolute atomic E-state index is 13.1. The second-order valence-corrected chi connectivity index (χ2v) is 9.76. The second-order valence-electron chi connectivity index (χ2n) is 5.47. The summed E-state index contributed by atoms with van der Waals surface area (Å²) in [6.45, 7) is 2.54. The molecule has 0 radical (unpaired) electrons. The fourth-order valence-electron chi connectivity index (χ4n) is 2.58. The van der Waals surface area contributed by atoms with Gasteiger partial charge in [0.15, 0.2) is 0 Å². The van der Waals surface area contributed by atoms with Crippen LogP contribution in [0.25, 0.3) is 0 Å². The van der Waals surface area contributed by atoms with Crippen molar-refractivity contribution in [3.8, 4) is 0 Å². The van der Waals surface area contributed by atoms with Crippen LogP contribution in [0.4, 0.5) is 4.39 Å². The van der Waals surface area contributed by atoms with E-state index in [4.69, 9.17) is 23.2 Å². The van der Waals surface area contributed by atoms with Gasteiger partial charge in [0, 0.05) is 37.7 Å². The van der Waals surface area contributed by atoms with E-state index in [0.717, 1.165) is 16.9 Å². The minimum atomic E-state index is -3.49. The number of thiophene rings is 1. The summed E-state index contributed by atoms with van der Waals surface area (Å²) in [5, 5.41) is 0.387. The van der Waals surface area contributed by atoms with E-state index >= 15 is 0 Å². The van der Waals surface area contributed by atoms with Crippen LogP contribution in [0.1, 0.15) is 5.56 Å². The molecule has 3 rings (SSSR count). The van der Waals surface area contributed by atoms with Gasteiger partial charge in [0.05, 0.1) is 4.34 Å². The quantitative estimate of drug-likeness (QED) is 0.773. The van der Waals surface area contributed by atoms with Crippen LogP contribution < -0.4 is 0 Å². The largest absolute Gasteiger partial charge is 0.296 e. The topological polar surface area (TPSA) is 40.6 Å². The molecule has 1 fully saturated rings. The summed E-state index contributed by atoms with van der Waals surface area (Å²) >= 11 is 12.9. The fourth-order valence-corrected chi connectivity index (χ4v) is 5.87. The first-order chi connectivity index (χ1) is 11.4. The molecule has 0 bridgehead atoms. The Morgan fingerprint density at radius 3 is 2.38 bits per heavy atom. The molecule has 130 valence electrons. The molecule has 0 spiro atoms. The van der Waals surface area contributed by atoms with Crippen LogP contribution in [0.5, 0.6) is 0 Å². The van der Waals surface area contributed by atoms with Gasteiger partial charge in [-0.15, -0.1) is 11.3 Å². The highest BCUT2D eigenvalue weighted by Gasteiger charge is 2.29. The van der Waals surface area contributed by atoms with Crippen LogP contribution in [0, 0.1) is 5.82 Å². The molecule has 2 heterocycles. The first-order valence-electron chi connectivity index (χ1n) is 7.28. The van der Waals surface area contributed by atoms with E-state index in [9.17, 15) is 12.8 Å². The van der Waals surface area contributed by atoms with Crippen molar-refractivity contribution in [3.05, 3.63) is 51.1 Å². The minimum Gasteiger partial charge on any atom is -0.296 e. The van der Waals surface area contributed by atoms with E-state index in [1.54, 1.807) is 12.1 Å². The maximum atomic E-state index is 13.1. The Bertz CT molecular complexity index is 834. The van der Waals surface area contributed by atoms with Gasteiger partial charge in [0.25, 0.3) is 10.0 Å². The lowest BCUT2D eigenvalue weighted by atomic mass is 10.2. The molecule has 9 heteroatoms. The monoisotopic (exact) mass is 408 g/mol. The Labute approximate surface area is 154 Å². The van der Waals surface area contributed by atoms with Gasteiger partial charge < -0.3 is 0 Å². The third kappa shape index (κ3) is 3.92. The fraction of sp³-hybridized carbons (Fsp3) is 0.333. The highest BCUT2D eigenvalue weighted by Crippen LogP contribution is 2.29. The molecule has 1 aromatic heterocycles. The normalized spacial score (nSPS) is 17.3.